The van der Waals surface area contributed by atoms with E-state index in [1.54, 1.807) is 0 Å². The van der Waals surface area contributed by atoms with Crippen molar-refractivity contribution in [1.82, 2.24) is 10.2 Å². The summed E-state index contributed by atoms with van der Waals surface area (Å²) in [5.74, 6) is 0.212. The Bertz CT molecular complexity index is 320. The van der Waals surface area contributed by atoms with E-state index in [9.17, 15) is 4.79 Å². The van der Waals surface area contributed by atoms with Gasteiger partial charge in [-0.1, -0.05) is 13.8 Å². The molecule has 19 heavy (non-hydrogen) atoms. The highest BCUT2D eigenvalue weighted by molar-refractivity contribution is 5.86. The van der Waals surface area contributed by atoms with Crippen LogP contribution in [-0.2, 0) is 9.53 Å². The van der Waals surface area contributed by atoms with Crippen molar-refractivity contribution in [3.63, 3.8) is 0 Å². The number of carbonyl (C=O) groups excluding carboxylic acids is 1. The molecule has 0 spiro atoms. The van der Waals surface area contributed by atoms with Gasteiger partial charge in [0, 0.05) is 19.6 Å². The van der Waals surface area contributed by atoms with Crippen molar-refractivity contribution < 1.29 is 9.53 Å². The van der Waals surface area contributed by atoms with Gasteiger partial charge in [-0.05, 0) is 31.7 Å². The third kappa shape index (κ3) is 3.27. The fraction of sp³-hybridized carbons (Fsp3) is 0.929. The van der Waals surface area contributed by atoms with Crippen LogP contribution >= 0.6 is 0 Å². The Morgan fingerprint density at radius 1 is 1.47 bits per heavy atom. The van der Waals surface area contributed by atoms with Crippen molar-refractivity contribution in [3.05, 3.63) is 0 Å². The lowest BCUT2D eigenvalue weighted by atomic mass is 9.90. The van der Waals surface area contributed by atoms with E-state index >= 15 is 0 Å². The van der Waals surface area contributed by atoms with Gasteiger partial charge in [-0.15, -0.1) is 0 Å². The molecule has 2 fully saturated rings. The van der Waals surface area contributed by atoms with E-state index < -0.39 is 5.54 Å². The maximum atomic E-state index is 12.0. The monoisotopic (exact) mass is 269 g/mol. The SMILES string of the molecule is CCNC(CN1CCOC(CC)C1)(C(N)=O)C1CC1. The zero-order chi connectivity index (χ0) is 13.9. The van der Waals surface area contributed by atoms with Gasteiger partial charge in [0.05, 0.1) is 12.7 Å². The van der Waals surface area contributed by atoms with E-state index in [0.29, 0.717) is 12.0 Å². The fourth-order valence-electron chi connectivity index (χ4n) is 3.11. The summed E-state index contributed by atoms with van der Waals surface area (Å²) in [5, 5.41) is 3.38. The topological polar surface area (TPSA) is 67.6 Å². The standard InChI is InChI=1S/C14H27N3O2/c1-3-12-9-17(7-8-19-12)10-14(13(15)18,16-4-2)11-5-6-11/h11-12,16H,3-10H2,1-2H3,(H2,15,18). The number of ether oxygens (including phenoxy) is 1. The van der Waals surface area contributed by atoms with Crippen LogP contribution < -0.4 is 11.1 Å². The molecule has 1 amide bonds. The molecule has 2 aliphatic rings. The summed E-state index contributed by atoms with van der Waals surface area (Å²) in [6, 6.07) is 0. The first kappa shape index (κ1) is 14.8. The van der Waals surface area contributed by atoms with Crippen molar-refractivity contribution in [2.24, 2.45) is 11.7 Å². The minimum absolute atomic E-state index is 0.198. The van der Waals surface area contributed by atoms with Gasteiger partial charge in [-0.2, -0.15) is 0 Å². The van der Waals surface area contributed by atoms with Crippen LogP contribution in [0, 0.1) is 5.92 Å². The number of hydrogen-bond acceptors (Lipinski definition) is 4. The van der Waals surface area contributed by atoms with E-state index in [1.165, 1.54) is 0 Å². The summed E-state index contributed by atoms with van der Waals surface area (Å²) in [4.78, 5) is 14.4. The smallest absolute Gasteiger partial charge is 0.239 e. The van der Waals surface area contributed by atoms with E-state index in [2.05, 4.69) is 17.1 Å². The molecule has 0 bridgehead atoms. The van der Waals surface area contributed by atoms with Crippen LogP contribution in [0.25, 0.3) is 0 Å². The molecule has 1 saturated carbocycles. The zero-order valence-electron chi connectivity index (χ0n) is 12.2. The molecule has 5 nitrogen and oxygen atoms in total. The number of carbonyl (C=O) groups is 1. The van der Waals surface area contributed by atoms with E-state index in [0.717, 1.165) is 52.0 Å². The highest BCUT2D eigenvalue weighted by Crippen LogP contribution is 2.40. The molecule has 3 N–H and O–H groups in total. The quantitative estimate of drug-likeness (QED) is 0.699. The Kier molecular flexibility index (Phi) is 4.81. The molecule has 0 aromatic carbocycles. The third-order valence-electron chi connectivity index (χ3n) is 4.36. The van der Waals surface area contributed by atoms with Crippen LogP contribution in [-0.4, -0.2) is 55.2 Å². The predicted molar refractivity (Wildman–Crippen MR) is 74.8 cm³/mol. The normalized spacial score (nSPS) is 28.0. The summed E-state index contributed by atoms with van der Waals surface area (Å²) >= 11 is 0. The molecule has 0 aromatic rings. The van der Waals surface area contributed by atoms with Crippen LogP contribution in [0.1, 0.15) is 33.1 Å². The number of morpholine rings is 1. The maximum absolute atomic E-state index is 12.0. The van der Waals surface area contributed by atoms with Crippen molar-refractivity contribution in [1.29, 1.82) is 0 Å². The molecule has 2 atom stereocenters. The summed E-state index contributed by atoms with van der Waals surface area (Å²) < 4.78 is 5.69. The second-order valence-corrected chi connectivity index (χ2v) is 5.78. The summed E-state index contributed by atoms with van der Waals surface area (Å²) in [7, 11) is 0. The second kappa shape index (κ2) is 6.20. The molecule has 5 heteroatoms. The Hall–Kier alpha value is -0.650. The Morgan fingerprint density at radius 3 is 2.74 bits per heavy atom. The first-order valence-corrected chi connectivity index (χ1v) is 7.51. The number of hydrogen-bond donors (Lipinski definition) is 2. The molecule has 1 saturated heterocycles. The lowest BCUT2D eigenvalue weighted by Gasteiger charge is -2.40. The average molecular weight is 269 g/mol. The first-order valence-electron chi connectivity index (χ1n) is 7.51. The van der Waals surface area contributed by atoms with Crippen molar-refractivity contribution in [3.8, 4) is 0 Å². The number of nitrogens with two attached hydrogens (primary N) is 1. The molecule has 0 aromatic heterocycles. The number of primary amides is 1. The van der Waals surface area contributed by atoms with E-state index in [4.69, 9.17) is 10.5 Å². The van der Waals surface area contributed by atoms with Crippen molar-refractivity contribution >= 4 is 5.91 Å². The number of amides is 1. The largest absolute Gasteiger partial charge is 0.376 e. The van der Waals surface area contributed by atoms with Crippen molar-refractivity contribution in [2.45, 2.75) is 44.8 Å². The lowest BCUT2D eigenvalue weighted by Crippen LogP contribution is -2.64. The number of rotatable bonds is 7. The minimum Gasteiger partial charge on any atom is -0.376 e. The van der Waals surface area contributed by atoms with Gasteiger partial charge in [-0.25, -0.2) is 0 Å². The molecule has 1 aliphatic heterocycles. The van der Waals surface area contributed by atoms with Crippen LogP contribution in [0.4, 0.5) is 0 Å². The fourth-order valence-corrected chi connectivity index (χ4v) is 3.11. The van der Waals surface area contributed by atoms with Gasteiger partial charge >= 0.3 is 0 Å². The Balaban J connectivity index is 2.04. The van der Waals surface area contributed by atoms with Gasteiger partial charge in [0.2, 0.25) is 5.91 Å². The van der Waals surface area contributed by atoms with Gasteiger partial charge in [-0.3, -0.25) is 9.69 Å². The van der Waals surface area contributed by atoms with Gasteiger partial charge < -0.3 is 15.8 Å². The Labute approximate surface area is 115 Å². The highest BCUT2D eigenvalue weighted by atomic mass is 16.5. The highest BCUT2D eigenvalue weighted by Gasteiger charge is 2.50. The predicted octanol–water partition coefficient (Wildman–Crippen LogP) is 0.341. The molecular formula is C14H27N3O2. The molecule has 2 unspecified atom stereocenters. The minimum atomic E-state index is -0.537. The Morgan fingerprint density at radius 2 is 2.21 bits per heavy atom. The van der Waals surface area contributed by atoms with E-state index in [1.807, 2.05) is 6.92 Å². The van der Waals surface area contributed by atoms with Gasteiger partial charge in [0.25, 0.3) is 0 Å². The number of likely N-dealkylation sites (N-methyl/N-ethyl adjacent to an activating group) is 1. The molecule has 110 valence electrons. The van der Waals surface area contributed by atoms with Gasteiger partial charge in [0.15, 0.2) is 0 Å². The maximum Gasteiger partial charge on any atom is 0.239 e. The average Bonchev–Trinajstić information content (AvgIpc) is 3.22. The number of nitrogens with zero attached hydrogens (tertiary/aromatic N) is 1. The summed E-state index contributed by atoms with van der Waals surface area (Å²) in [5.41, 5.74) is 5.19. The number of nitrogens with one attached hydrogen (secondary N) is 1. The van der Waals surface area contributed by atoms with Crippen molar-refractivity contribution in [2.75, 3.05) is 32.8 Å². The molecule has 1 heterocycles. The van der Waals surface area contributed by atoms with E-state index in [-0.39, 0.29) is 5.91 Å². The molecule has 1 aliphatic carbocycles. The van der Waals surface area contributed by atoms with Crippen LogP contribution in [0.15, 0.2) is 0 Å². The molecular weight excluding hydrogens is 242 g/mol. The lowest BCUT2D eigenvalue weighted by molar-refractivity contribution is -0.127. The molecule has 0 radical (unpaired) electrons. The second-order valence-electron chi connectivity index (χ2n) is 5.78. The zero-order valence-corrected chi connectivity index (χ0v) is 12.2. The van der Waals surface area contributed by atoms with Crippen LogP contribution in [0.5, 0.6) is 0 Å². The third-order valence-corrected chi connectivity index (χ3v) is 4.36. The summed E-state index contributed by atoms with van der Waals surface area (Å²) in [6.07, 6.45) is 3.53. The molecule has 2 rings (SSSR count). The first-order chi connectivity index (χ1) is 9.12. The van der Waals surface area contributed by atoms with Crippen LogP contribution in [0.3, 0.4) is 0 Å². The summed E-state index contributed by atoms with van der Waals surface area (Å²) in [6.45, 7) is 8.23. The van der Waals surface area contributed by atoms with Gasteiger partial charge in [0.1, 0.15) is 5.54 Å². The van der Waals surface area contributed by atoms with Crippen LogP contribution in [0.2, 0.25) is 0 Å².